The Kier molecular flexibility index (Phi) is 4.93. The Hall–Kier alpha value is -0.940. The van der Waals surface area contributed by atoms with Crippen LogP contribution in [0.5, 0.6) is 0 Å². The Morgan fingerprint density at radius 1 is 1.37 bits per heavy atom. The molecule has 5 nitrogen and oxygen atoms in total. The highest BCUT2D eigenvalue weighted by Gasteiger charge is 2.26. The minimum atomic E-state index is 0.0649. The van der Waals surface area contributed by atoms with Gasteiger partial charge >= 0.3 is 0 Å². The molecule has 1 saturated heterocycles. The smallest absolute Gasteiger partial charge is 0.228 e. The second-order valence-corrected chi connectivity index (χ2v) is 5.97. The van der Waals surface area contributed by atoms with Gasteiger partial charge in [0.15, 0.2) is 5.82 Å². The first-order chi connectivity index (χ1) is 9.06. The summed E-state index contributed by atoms with van der Waals surface area (Å²) in [4.78, 5) is 7.01. The average molecular weight is 266 g/mol. The summed E-state index contributed by atoms with van der Waals surface area (Å²) in [5, 5.41) is 4.09. The van der Waals surface area contributed by atoms with Crippen LogP contribution in [0.2, 0.25) is 0 Å². The number of hydrogen-bond donors (Lipinski definition) is 1. The number of nitrogens with zero attached hydrogens (tertiary/aromatic N) is 3. The lowest BCUT2D eigenvalue weighted by atomic mass is 9.97. The van der Waals surface area contributed by atoms with Gasteiger partial charge in [-0.05, 0) is 40.2 Å². The zero-order valence-corrected chi connectivity index (χ0v) is 12.3. The molecule has 2 N–H and O–H groups in total. The maximum absolute atomic E-state index is 5.74. The highest BCUT2D eigenvalue weighted by Crippen LogP contribution is 2.22. The van der Waals surface area contributed by atoms with Crippen LogP contribution in [0.1, 0.15) is 51.7 Å². The van der Waals surface area contributed by atoms with E-state index in [-0.39, 0.29) is 6.04 Å². The molecule has 0 saturated carbocycles. The molecule has 0 aliphatic carbocycles. The molecule has 5 heteroatoms. The molecule has 2 rings (SSSR count). The summed E-state index contributed by atoms with van der Waals surface area (Å²) in [7, 11) is 0. The molecule has 1 aromatic rings. The number of aromatic nitrogens is 2. The third-order valence-corrected chi connectivity index (χ3v) is 3.76. The molecule has 0 amide bonds. The molecular weight excluding hydrogens is 240 g/mol. The number of rotatable bonds is 5. The van der Waals surface area contributed by atoms with E-state index in [1.807, 2.05) is 6.92 Å². The molecule has 1 aliphatic heterocycles. The monoisotopic (exact) mass is 266 g/mol. The highest BCUT2D eigenvalue weighted by atomic mass is 16.5. The topological polar surface area (TPSA) is 68.2 Å². The van der Waals surface area contributed by atoms with E-state index in [9.17, 15) is 0 Å². The van der Waals surface area contributed by atoms with Crippen LogP contribution in [-0.4, -0.2) is 39.7 Å². The first-order valence-electron chi connectivity index (χ1n) is 7.39. The SMILES string of the molecule is CC(N)Cc1nc(CC2CCCCN2C(C)C)no1. The summed E-state index contributed by atoms with van der Waals surface area (Å²) in [5.74, 6) is 1.49. The molecule has 2 heterocycles. The van der Waals surface area contributed by atoms with E-state index in [0.29, 0.717) is 24.4 Å². The summed E-state index contributed by atoms with van der Waals surface area (Å²) in [6.07, 6.45) is 5.39. The van der Waals surface area contributed by atoms with Gasteiger partial charge in [0.25, 0.3) is 0 Å². The first-order valence-corrected chi connectivity index (χ1v) is 7.39. The summed E-state index contributed by atoms with van der Waals surface area (Å²) in [6.45, 7) is 7.66. The second kappa shape index (κ2) is 6.48. The van der Waals surface area contributed by atoms with Gasteiger partial charge in [0, 0.05) is 31.0 Å². The maximum atomic E-state index is 5.74. The lowest BCUT2D eigenvalue weighted by Crippen LogP contribution is -2.45. The van der Waals surface area contributed by atoms with Gasteiger partial charge in [-0.3, -0.25) is 4.90 Å². The van der Waals surface area contributed by atoms with Crippen molar-refractivity contribution in [2.24, 2.45) is 5.73 Å². The van der Waals surface area contributed by atoms with Crippen molar-refractivity contribution in [3.8, 4) is 0 Å². The van der Waals surface area contributed by atoms with Crippen LogP contribution < -0.4 is 5.73 Å². The Balaban J connectivity index is 1.96. The lowest BCUT2D eigenvalue weighted by molar-refractivity contribution is 0.110. The highest BCUT2D eigenvalue weighted by molar-refractivity contribution is 4.94. The molecule has 2 unspecified atom stereocenters. The Morgan fingerprint density at radius 3 is 2.84 bits per heavy atom. The molecule has 108 valence electrons. The Morgan fingerprint density at radius 2 is 2.16 bits per heavy atom. The number of hydrogen-bond acceptors (Lipinski definition) is 5. The normalized spacial score (nSPS) is 22.9. The fourth-order valence-corrected chi connectivity index (χ4v) is 2.86. The Labute approximate surface area is 115 Å². The average Bonchev–Trinajstić information content (AvgIpc) is 2.76. The van der Waals surface area contributed by atoms with Gasteiger partial charge in [0.2, 0.25) is 5.89 Å². The molecule has 1 aliphatic rings. The number of piperidine rings is 1. The zero-order valence-electron chi connectivity index (χ0n) is 12.3. The molecule has 2 atom stereocenters. The third kappa shape index (κ3) is 4.01. The summed E-state index contributed by atoms with van der Waals surface area (Å²) in [5.41, 5.74) is 5.74. The van der Waals surface area contributed by atoms with Crippen LogP contribution in [0.3, 0.4) is 0 Å². The first kappa shape index (κ1) is 14.5. The maximum Gasteiger partial charge on any atom is 0.228 e. The van der Waals surface area contributed by atoms with Crippen molar-refractivity contribution >= 4 is 0 Å². The van der Waals surface area contributed by atoms with Crippen molar-refractivity contribution in [1.29, 1.82) is 0 Å². The van der Waals surface area contributed by atoms with Crippen LogP contribution in [0.25, 0.3) is 0 Å². The fourth-order valence-electron chi connectivity index (χ4n) is 2.86. The molecule has 0 spiro atoms. The lowest BCUT2D eigenvalue weighted by Gasteiger charge is -2.38. The van der Waals surface area contributed by atoms with E-state index < -0.39 is 0 Å². The van der Waals surface area contributed by atoms with E-state index in [0.717, 1.165) is 12.2 Å². The molecule has 0 radical (unpaired) electrons. The van der Waals surface area contributed by atoms with Crippen molar-refractivity contribution < 1.29 is 4.52 Å². The van der Waals surface area contributed by atoms with Gasteiger partial charge < -0.3 is 10.3 Å². The summed E-state index contributed by atoms with van der Waals surface area (Å²) in [6, 6.07) is 1.20. The van der Waals surface area contributed by atoms with Crippen LogP contribution in [0.15, 0.2) is 4.52 Å². The van der Waals surface area contributed by atoms with Gasteiger partial charge in [0.1, 0.15) is 0 Å². The molecular formula is C14H26N4O. The molecule has 1 fully saturated rings. The molecule has 19 heavy (non-hydrogen) atoms. The van der Waals surface area contributed by atoms with E-state index in [1.165, 1.54) is 25.8 Å². The van der Waals surface area contributed by atoms with E-state index in [2.05, 4.69) is 28.9 Å². The molecule has 0 aromatic carbocycles. The third-order valence-electron chi connectivity index (χ3n) is 3.76. The van der Waals surface area contributed by atoms with Crippen molar-refractivity contribution in [2.75, 3.05) is 6.54 Å². The second-order valence-electron chi connectivity index (χ2n) is 5.97. The minimum absolute atomic E-state index is 0.0649. The predicted octanol–water partition coefficient (Wildman–Crippen LogP) is 1.76. The minimum Gasteiger partial charge on any atom is -0.339 e. The molecule has 0 bridgehead atoms. The van der Waals surface area contributed by atoms with Crippen molar-refractivity contribution in [3.05, 3.63) is 11.7 Å². The fraction of sp³-hybridized carbons (Fsp3) is 0.857. The van der Waals surface area contributed by atoms with Crippen LogP contribution >= 0.6 is 0 Å². The molecule has 1 aromatic heterocycles. The van der Waals surface area contributed by atoms with Crippen molar-refractivity contribution in [3.63, 3.8) is 0 Å². The summed E-state index contributed by atoms with van der Waals surface area (Å²) < 4.78 is 5.25. The van der Waals surface area contributed by atoms with Gasteiger partial charge in [-0.25, -0.2) is 0 Å². The van der Waals surface area contributed by atoms with E-state index >= 15 is 0 Å². The van der Waals surface area contributed by atoms with Gasteiger partial charge in [-0.1, -0.05) is 11.6 Å². The van der Waals surface area contributed by atoms with Crippen LogP contribution in [-0.2, 0) is 12.8 Å². The number of nitrogens with two attached hydrogens (primary N) is 1. The van der Waals surface area contributed by atoms with Crippen molar-refractivity contribution in [1.82, 2.24) is 15.0 Å². The van der Waals surface area contributed by atoms with Crippen molar-refractivity contribution in [2.45, 2.75) is 71.0 Å². The quantitative estimate of drug-likeness (QED) is 0.879. The van der Waals surface area contributed by atoms with Gasteiger partial charge in [-0.2, -0.15) is 4.98 Å². The largest absolute Gasteiger partial charge is 0.339 e. The zero-order chi connectivity index (χ0) is 13.8. The summed E-state index contributed by atoms with van der Waals surface area (Å²) >= 11 is 0. The van der Waals surface area contributed by atoms with E-state index in [4.69, 9.17) is 10.3 Å². The number of likely N-dealkylation sites (tertiary alicyclic amines) is 1. The van der Waals surface area contributed by atoms with Gasteiger partial charge in [-0.15, -0.1) is 0 Å². The standard InChI is InChI=1S/C14H26N4O/c1-10(2)18-7-5-4-6-12(18)9-13-16-14(19-17-13)8-11(3)15/h10-12H,4-9,15H2,1-3H3. The van der Waals surface area contributed by atoms with Gasteiger partial charge in [0.05, 0.1) is 0 Å². The van der Waals surface area contributed by atoms with Crippen LogP contribution in [0, 0.1) is 0 Å². The predicted molar refractivity (Wildman–Crippen MR) is 74.8 cm³/mol. The van der Waals surface area contributed by atoms with E-state index in [1.54, 1.807) is 0 Å². The van der Waals surface area contributed by atoms with Crippen LogP contribution in [0.4, 0.5) is 0 Å². The Bertz CT molecular complexity index is 389.